The zero-order chi connectivity index (χ0) is 23.7. The van der Waals surface area contributed by atoms with Gasteiger partial charge in [0.05, 0.1) is 11.6 Å². The van der Waals surface area contributed by atoms with E-state index in [1.807, 2.05) is 34.8 Å². The molecular formula is C26H29N7S. The fourth-order valence-corrected chi connectivity index (χ4v) is 5.12. The second-order valence-corrected chi connectivity index (χ2v) is 10.6. The zero-order valence-corrected chi connectivity index (χ0v) is 20.6. The van der Waals surface area contributed by atoms with Gasteiger partial charge in [0.25, 0.3) is 0 Å². The molecule has 0 radical (unpaired) electrons. The van der Waals surface area contributed by atoms with Crippen molar-refractivity contribution in [2.24, 2.45) is 0 Å². The summed E-state index contributed by atoms with van der Waals surface area (Å²) in [5.74, 6) is 0.940. The number of rotatable bonds is 5. The fraction of sp³-hybridized carbons (Fsp3) is 0.346. The lowest BCUT2D eigenvalue weighted by Crippen LogP contribution is -2.46. The van der Waals surface area contributed by atoms with Gasteiger partial charge in [-0.1, -0.05) is 53.8 Å². The Kier molecular flexibility index (Phi) is 5.98. The van der Waals surface area contributed by atoms with Gasteiger partial charge in [-0.25, -0.2) is 4.98 Å². The molecular weight excluding hydrogens is 442 g/mol. The molecule has 0 atom stereocenters. The van der Waals surface area contributed by atoms with Gasteiger partial charge >= 0.3 is 0 Å². The highest BCUT2D eigenvalue weighted by Crippen LogP contribution is 2.35. The molecule has 0 aliphatic carbocycles. The maximum Gasteiger partial charge on any atom is 0.216 e. The van der Waals surface area contributed by atoms with Crippen LogP contribution in [0.5, 0.6) is 0 Å². The molecule has 0 spiro atoms. The van der Waals surface area contributed by atoms with Crippen LogP contribution in [0, 0.1) is 11.3 Å². The van der Waals surface area contributed by atoms with Crippen LogP contribution in [-0.2, 0) is 6.54 Å². The Morgan fingerprint density at radius 3 is 2.35 bits per heavy atom. The molecule has 1 saturated heterocycles. The molecule has 2 aromatic carbocycles. The molecule has 1 aliphatic rings. The Balaban J connectivity index is 1.33. The highest BCUT2D eigenvalue weighted by molar-refractivity contribution is 7.20. The largest absolute Gasteiger partial charge is 0.364 e. The second kappa shape index (κ2) is 9.09. The molecule has 0 saturated carbocycles. The molecule has 0 amide bonds. The van der Waals surface area contributed by atoms with Gasteiger partial charge in [0, 0.05) is 43.8 Å². The molecule has 5 rings (SSSR count). The van der Waals surface area contributed by atoms with Crippen LogP contribution in [0.2, 0.25) is 0 Å². The molecule has 174 valence electrons. The van der Waals surface area contributed by atoms with Crippen LogP contribution in [0.3, 0.4) is 0 Å². The average Bonchev–Trinajstić information content (AvgIpc) is 3.39. The number of benzene rings is 2. The predicted molar refractivity (Wildman–Crippen MR) is 138 cm³/mol. The number of nitrogens with one attached hydrogen (secondary N) is 1. The fourth-order valence-electron chi connectivity index (χ4n) is 4.17. The number of anilines is 2. The van der Waals surface area contributed by atoms with E-state index in [9.17, 15) is 0 Å². The van der Waals surface area contributed by atoms with Gasteiger partial charge in [0.2, 0.25) is 10.1 Å². The maximum atomic E-state index is 8.99. The predicted octanol–water partition coefficient (Wildman–Crippen LogP) is 4.86. The number of hydrogen-bond acceptors (Lipinski definition) is 7. The molecule has 7 nitrogen and oxygen atoms in total. The molecule has 1 fully saturated rings. The minimum atomic E-state index is -0.111. The van der Waals surface area contributed by atoms with Crippen molar-refractivity contribution in [3.63, 3.8) is 0 Å². The lowest BCUT2D eigenvalue weighted by molar-refractivity contribution is 0.249. The molecule has 1 aliphatic heterocycles. The first-order valence-corrected chi connectivity index (χ1v) is 12.4. The van der Waals surface area contributed by atoms with E-state index in [1.165, 1.54) is 5.56 Å². The first-order valence-electron chi connectivity index (χ1n) is 11.6. The summed E-state index contributed by atoms with van der Waals surface area (Å²) in [6.45, 7) is 11.2. The average molecular weight is 472 g/mol. The van der Waals surface area contributed by atoms with E-state index in [2.05, 4.69) is 66.2 Å². The molecule has 4 aromatic rings. The third kappa shape index (κ3) is 4.76. The Hall–Kier alpha value is -3.41. The Morgan fingerprint density at radius 2 is 1.71 bits per heavy atom. The van der Waals surface area contributed by atoms with E-state index in [1.54, 1.807) is 11.3 Å². The first-order chi connectivity index (χ1) is 16.4. The Labute approximate surface area is 204 Å². The van der Waals surface area contributed by atoms with Crippen LogP contribution in [0.25, 0.3) is 16.2 Å². The number of piperazine rings is 1. The molecule has 8 heteroatoms. The minimum absolute atomic E-state index is 0.111. The summed E-state index contributed by atoms with van der Waals surface area (Å²) in [4.78, 5) is 10.7. The monoisotopic (exact) mass is 471 g/mol. The standard InChI is InChI=1S/C26H29N7S/c1-26(2,3)29-23-22(21-7-5-4-6-8-21)28-24-33(23)30-25(34-24)32-15-13-31(14-16-32)18-20-11-9-19(17-27)10-12-20/h4-12,29H,13-16,18H2,1-3H3. The zero-order valence-electron chi connectivity index (χ0n) is 19.8. The van der Waals surface area contributed by atoms with Crippen molar-refractivity contribution in [3.05, 3.63) is 65.7 Å². The summed E-state index contributed by atoms with van der Waals surface area (Å²) in [7, 11) is 0. The van der Waals surface area contributed by atoms with Crippen molar-refractivity contribution in [3.8, 4) is 17.3 Å². The number of aromatic nitrogens is 3. The van der Waals surface area contributed by atoms with Gasteiger partial charge < -0.3 is 10.2 Å². The van der Waals surface area contributed by atoms with E-state index in [0.29, 0.717) is 5.56 Å². The second-order valence-electron chi connectivity index (χ2n) is 9.70. The molecule has 1 N–H and O–H groups in total. The van der Waals surface area contributed by atoms with E-state index < -0.39 is 0 Å². The third-order valence-electron chi connectivity index (χ3n) is 5.87. The summed E-state index contributed by atoms with van der Waals surface area (Å²) in [6, 6.07) is 20.4. The van der Waals surface area contributed by atoms with Gasteiger partial charge in [-0.05, 0) is 38.5 Å². The van der Waals surface area contributed by atoms with Crippen LogP contribution in [0.4, 0.5) is 10.9 Å². The van der Waals surface area contributed by atoms with E-state index >= 15 is 0 Å². The van der Waals surface area contributed by atoms with Gasteiger partial charge in [0.15, 0.2) is 5.82 Å². The summed E-state index contributed by atoms with van der Waals surface area (Å²) in [5, 5.41) is 18.6. The SMILES string of the molecule is CC(C)(C)Nc1c(-c2ccccc2)nc2sc(N3CCN(Cc4ccc(C#N)cc4)CC3)nn12. The number of nitriles is 1. The van der Waals surface area contributed by atoms with Crippen molar-refractivity contribution in [1.82, 2.24) is 19.5 Å². The lowest BCUT2D eigenvalue weighted by Gasteiger charge is -2.34. The molecule has 0 unspecified atom stereocenters. The van der Waals surface area contributed by atoms with Gasteiger partial charge in [-0.15, -0.1) is 5.10 Å². The summed E-state index contributed by atoms with van der Waals surface area (Å²) in [6.07, 6.45) is 0. The lowest BCUT2D eigenvalue weighted by atomic mass is 10.1. The van der Waals surface area contributed by atoms with E-state index in [0.717, 1.165) is 59.9 Å². The summed E-state index contributed by atoms with van der Waals surface area (Å²) < 4.78 is 1.97. The van der Waals surface area contributed by atoms with E-state index in [4.69, 9.17) is 15.3 Å². The minimum Gasteiger partial charge on any atom is -0.364 e. The van der Waals surface area contributed by atoms with Crippen LogP contribution in [0.1, 0.15) is 31.9 Å². The van der Waals surface area contributed by atoms with Crippen molar-refractivity contribution >= 4 is 27.2 Å². The summed E-state index contributed by atoms with van der Waals surface area (Å²) >= 11 is 1.65. The van der Waals surface area contributed by atoms with Crippen LogP contribution >= 0.6 is 11.3 Å². The molecule has 34 heavy (non-hydrogen) atoms. The number of hydrogen-bond donors (Lipinski definition) is 1. The van der Waals surface area contributed by atoms with E-state index in [-0.39, 0.29) is 5.54 Å². The molecule has 3 heterocycles. The van der Waals surface area contributed by atoms with Gasteiger partial charge in [0.1, 0.15) is 5.69 Å². The normalized spacial score (nSPS) is 14.9. The smallest absolute Gasteiger partial charge is 0.216 e. The maximum absolute atomic E-state index is 8.99. The van der Waals surface area contributed by atoms with Crippen molar-refractivity contribution in [2.75, 3.05) is 36.4 Å². The summed E-state index contributed by atoms with van der Waals surface area (Å²) in [5.41, 5.74) is 3.86. The van der Waals surface area contributed by atoms with Crippen LogP contribution in [-0.4, -0.2) is 51.2 Å². The third-order valence-corrected chi connectivity index (χ3v) is 6.83. The number of nitrogens with zero attached hydrogens (tertiary/aromatic N) is 6. The number of imidazole rings is 1. The highest BCUT2D eigenvalue weighted by atomic mass is 32.1. The van der Waals surface area contributed by atoms with Crippen molar-refractivity contribution in [2.45, 2.75) is 32.9 Å². The Morgan fingerprint density at radius 1 is 1.00 bits per heavy atom. The molecule has 0 bridgehead atoms. The molecule has 2 aromatic heterocycles. The highest BCUT2D eigenvalue weighted by Gasteiger charge is 2.25. The van der Waals surface area contributed by atoms with Crippen molar-refractivity contribution in [1.29, 1.82) is 5.26 Å². The van der Waals surface area contributed by atoms with Crippen molar-refractivity contribution < 1.29 is 0 Å². The quantitative estimate of drug-likeness (QED) is 0.448. The van der Waals surface area contributed by atoms with Gasteiger partial charge in [-0.3, -0.25) is 4.90 Å². The van der Waals surface area contributed by atoms with Crippen LogP contribution < -0.4 is 10.2 Å². The van der Waals surface area contributed by atoms with Crippen LogP contribution in [0.15, 0.2) is 54.6 Å². The Bertz CT molecular complexity index is 1300. The first kappa shape index (κ1) is 22.4. The number of fused-ring (bicyclic) bond motifs is 1. The van der Waals surface area contributed by atoms with Gasteiger partial charge in [-0.2, -0.15) is 9.78 Å². The topological polar surface area (TPSA) is 72.5 Å².